The van der Waals surface area contributed by atoms with Crippen LogP contribution < -0.4 is 9.64 Å². The average molecular weight is 374 g/mol. The van der Waals surface area contributed by atoms with Gasteiger partial charge in [-0.2, -0.15) is 0 Å². The summed E-state index contributed by atoms with van der Waals surface area (Å²) in [6.45, 7) is 2.99. The van der Waals surface area contributed by atoms with Gasteiger partial charge in [0.1, 0.15) is 12.3 Å². The Morgan fingerprint density at radius 2 is 1.71 bits per heavy atom. The van der Waals surface area contributed by atoms with Gasteiger partial charge in [-0.25, -0.2) is 0 Å². The lowest BCUT2D eigenvalue weighted by atomic mass is 10.1. The van der Waals surface area contributed by atoms with Gasteiger partial charge in [-0.1, -0.05) is 36.4 Å². The Hall–Kier alpha value is -3.18. The van der Waals surface area contributed by atoms with Gasteiger partial charge in [0.25, 0.3) is 5.89 Å². The van der Waals surface area contributed by atoms with Crippen molar-refractivity contribution in [3.05, 3.63) is 78.2 Å². The van der Waals surface area contributed by atoms with E-state index in [1.807, 2.05) is 24.3 Å². The van der Waals surface area contributed by atoms with E-state index in [0.717, 1.165) is 17.9 Å². The van der Waals surface area contributed by atoms with Crippen LogP contribution in [0, 0.1) is 0 Å². The van der Waals surface area contributed by atoms with Gasteiger partial charge < -0.3 is 14.1 Å². The van der Waals surface area contributed by atoms with Gasteiger partial charge in [0.05, 0.1) is 14.2 Å². The summed E-state index contributed by atoms with van der Waals surface area (Å²) < 4.78 is 11.1. The Balaban J connectivity index is 1.48. The summed E-state index contributed by atoms with van der Waals surface area (Å²) in [5, 5.41) is 11.0. The summed E-state index contributed by atoms with van der Waals surface area (Å²) >= 11 is 0. The molecule has 0 amide bonds. The van der Waals surface area contributed by atoms with Crippen molar-refractivity contribution in [2.45, 2.75) is 19.5 Å². The molecule has 1 unspecified atom stereocenters. The van der Waals surface area contributed by atoms with Gasteiger partial charge in [-0.3, -0.25) is 0 Å². The minimum atomic E-state index is 0.0889. The maximum absolute atomic E-state index is 5.95. The maximum atomic E-state index is 5.95. The van der Waals surface area contributed by atoms with Crippen molar-refractivity contribution < 1.29 is 14.1 Å². The van der Waals surface area contributed by atoms with Crippen LogP contribution in [0.5, 0.6) is 5.75 Å². The number of hydrogen-bond donors (Lipinski definition) is 1. The van der Waals surface area contributed by atoms with Crippen LogP contribution in [-0.2, 0) is 6.54 Å². The predicted molar refractivity (Wildman–Crippen MR) is 109 cm³/mol. The molecule has 1 aromatic heterocycles. The molecule has 4 rings (SSSR count). The Bertz CT molecular complexity index is 1070. The number of hydrogen-bond acceptors (Lipinski definition) is 4. The number of aromatic nitrogens is 2. The molecule has 0 spiro atoms. The highest BCUT2D eigenvalue weighted by Crippen LogP contribution is 2.22. The van der Waals surface area contributed by atoms with E-state index in [0.29, 0.717) is 11.8 Å². The molecule has 142 valence electrons. The maximum Gasteiger partial charge on any atom is 0.274 e. The van der Waals surface area contributed by atoms with Crippen molar-refractivity contribution in [2.75, 3.05) is 14.2 Å². The fourth-order valence-electron chi connectivity index (χ4n) is 3.29. The number of methoxy groups -OCH3 is 1. The molecule has 1 N–H and O–H groups in total. The van der Waals surface area contributed by atoms with Crippen molar-refractivity contribution in [1.82, 2.24) is 10.2 Å². The van der Waals surface area contributed by atoms with Crippen LogP contribution in [-0.4, -0.2) is 24.4 Å². The molecule has 5 heteroatoms. The van der Waals surface area contributed by atoms with Gasteiger partial charge in [0.2, 0.25) is 5.89 Å². The van der Waals surface area contributed by atoms with E-state index in [1.165, 1.54) is 21.2 Å². The van der Waals surface area contributed by atoms with Crippen LogP contribution in [0.25, 0.3) is 22.2 Å². The molecule has 0 radical (unpaired) electrons. The Morgan fingerprint density at radius 3 is 2.46 bits per heavy atom. The summed E-state index contributed by atoms with van der Waals surface area (Å²) in [5.74, 6) is 1.98. The molecule has 2 atom stereocenters. The fraction of sp³-hybridized carbons (Fsp3) is 0.217. The van der Waals surface area contributed by atoms with Gasteiger partial charge in [0, 0.05) is 11.1 Å². The lowest BCUT2D eigenvalue weighted by molar-refractivity contribution is -0.925. The highest BCUT2D eigenvalue weighted by atomic mass is 16.5. The molecular formula is C23H24N3O2+. The van der Waals surface area contributed by atoms with Crippen LogP contribution in [0.2, 0.25) is 0 Å². The standard InChI is InChI=1S/C23H23N3O2/c1-16(22-24-25-23(28-22)19-10-12-21(27-3)13-11-19)26(2)15-17-8-9-18-6-4-5-7-20(18)14-17/h4-14,16H,15H2,1-3H3/p+1/t16-/m1/s1. The van der Waals surface area contributed by atoms with Gasteiger partial charge in [-0.15, -0.1) is 10.2 Å². The van der Waals surface area contributed by atoms with Crippen molar-refractivity contribution in [3.8, 4) is 17.2 Å². The second-order valence-corrected chi connectivity index (χ2v) is 7.10. The smallest absolute Gasteiger partial charge is 0.274 e. The first-order valence-electron chi connectivity index (χ1n) is 9.42. The highest BCUT2D eigenvalue weighted by molar-refractivity contribution is 5.82. The number of quaternary nitrogens is 1. The molecular weight excluding hydrogens is 350 g/mol. The average Bonchev–Trinajstić information content (AvgIpc) is 3.23. The highest BCUT2D eigenvalue weighted by Gasteiger charge is 2.22. The van der Waals surface area contributed by atoms with E-state index in [4.69, 9.17) is 9.15 Å². The van der Waals surface area contributed by atoms with E-state index < -0.39 is 0 Å². The number of nitrogens with zero attached hydrogens (tertiary/aromatic N) is 2. The second kappa shape index (κ2) is 7.82. The second-order valence-electron chi connectivity index (χ2n) is 7.10. The van der Waals surface area contributed by atoms with Gasteiger partial charge in [-0.05, 0) is 48.0 Å². The summed E-state index contributed by atoms with van der Waals surface area (Å²) in [7, 11) is 3.80. The molecule has 1 heterocycles. The quantitative estimate of drug-likeness (QED) is 0.559. The molecule has 0 aliphatic carbocycles. The first-order chi connectivity index (χ1) is 13.6. The van der Waals surface area contributed by atoms with Crippen LogP contribution >= 0.6 is 0 Å². The molecule has 5 nitrogen and oxygen atoms in total. The number of benzene rings is 3. The van der Waals surface area contributed by atoms with Crippen molar-refractivity contribution >= 4 is 10.8 Å². The molecule has 0 fully saturated rings. The molecule has 0 aliphatic rings. The number of nitrogens with one attached hydrogen (secondary N) is 1. The zero-order chi connectivity index (χ0) is 19.5. The lowest BCUT2D eigenvalue weighted by Crippen LogP contribution is -3.07. The van der Waals surface area contributed by atoms with E-state index in [1.54, 1.807) is 7.11 Å². The minimum absolute atomic E-state index is 0.0889. The normalized spacial score (nSPS) is 13.4. The van der Waals surface area contributed by atoms with Crippen molar-refractivity contribution in [3.63, 3.8) is 0 Å². The predicted octanol–water partition coefficient (Wildman–Crippen LogP) is 3.67. The first kappa shape index (κ1) is 18.2. The topological polar surface area (TPSA) is 52.6 Å². The SMILES string of the molecule is COc1ccc(-c2nnc([C@@H](C)[NH+](C)Cc3ccc4ccccc4c3)o2)cc1. The largest absolute Gasteiger partial charge is 0.497 e. The van der Waals surface area contributed by atoms with Crippen LogP contribution in [0.3, 0.4) is 0 Å². The molecule has 0 saturated heterocycles. The number of ether oxygens (including phenoxy) is 1. The summed E-state index contributed by atoms with van der Waals surface area (Å²) in [6, 6.07) is 22.8. The summed E-state index contributed by atoms with van der Waals surface area (Å²) in [5.41, 5.74) is 2.18. The molecule has 0 bridgehead atoms. The molecule has 4 aromatic rings. The number of fused-ring (bicyclic) bond motifs is 1. The van der Waals surface area contributed by atoms with E-state index in [9.17, 15) is 0 Å². The number of rotatable bonds is 6. The molecule has 3 aromatic carbocycles. The third-order valence-electron chi connectivity index (χ3n) is 5.18. The van der Waals surface area contributed by atoms with E-state index in [-0.39, 0.29) is 6.04 Å². The Labute approximate surface area is 164 Å². The molecule has 28 heavy (non-hydrogen) atoms. The fourth-order valence-corrected chi connectivity index (χ4v) is 3.29. The van der Waals surface area contributed by atoms with Crippen LogP contribution in [0.1, 0.15) is 24.4 Å². The first-order valence-corrected chi connectivity index (χ1v) is 9.42. The lowest BCUT2D eigenvalue weighted by Gasteiger charge is -2.19. The van der Waals surface area contributed by atoms with Crippen molar-refractivity contribution in [2.24, 2.45) is 0 Å². The molecule has 0 saturated carbocycles. The Kier molecular flexibility index (Phi) is 5.08. The van der Waals surface area contributed by atoms with Gasteiger partial charge in [0.15, 0.2) is 6.04 Å². The third-order valence-corrected chi connectivity index (χ3v) is 5.18. The molecule has 0 aliphatic heterocycles. The van der Waals surface area contributed by atoms with Crippen LogP contribution in [0.15, 0.2) is 71.1 Å². The summed E-state index contributed by atoms with van der Waals surface area (Å²) in [4.78, 5) is 1.29. The monoisotopic (exact) mass is 374 g/mol. The zero-order valence-corrected chi connectivity index (χ0v) is 16.3. The zero-order valence-electron chi connectivity index (χ0n) is 16.3. The minimum Gasteiger partial charge on any atom is -0.497 e. The van der Waals surface area contributed by atoms with Crippen LogP contribution in [0.4, 0.5) is 0 Å². The third kappa shape index (κ3) is 3.75. The summed E-state index contributed by atoms with van der Waals surface area (Å²) in [6.07, 6.45) is 0. The van der Waals surface area contributed by atoms with Crippen molar-refractivity contribution in [1.29, 1.82) is 0 Å². The Morgan fingerprint density at radius 1 is 0.964 bits per heavy atom. The van der Waals surface area contributed by atoms with E-state index >= 15 is 0 Å². The van der Waals surface area contributed by atoms with Gasteiger partial charge >= 0.3 is 0 Å². The van der Waals surface area contributed by atoms with E-state index in [2.05, 4.69) is 66.6 Å².